The molecule has 1 aliphatic heterocycles. The minimum Gasteiger partial charge on any atom is -0.495 e. The maximum absolute atomic E-state index is 12.0. The first-order valence-corrected chi connectivity index (χ1v) is 6.07. The zero-order valence-electron chi connectivity index (χ0n) is 9.74. The van der Waals surface area contributed by atoms with Crippen molar-refractivity contribution >= 4 is 17.4 Å². The smallest absolute Gasteiger partial charge is 0.165 e. The van der Waals surface area contributed by atoms with Gasteiger partial charge in [-0.25, -0.2) is 0 Å². The number of benzene rings is 1. The van der Waals surface area contributed by atoms with Crippen LogP contribution in [-0.2, 0) is 4.74 Å². The van der Waals surface area contributed by atoms with E-state index in [0.717, 1.165) is 19.4 Å². The Balaban J connectivity index is 2.07. The maximum Gasteiger partial charge on any atom is 0.165 e. The first kappa shape index (κ1) is 12.4. The second-order valence-electron chi connectivity index (χ2n) is 4.11. The quantitative estimate of drug-likeness (QED) is 0.775. The first-order valence-electron chi connectivity index (χ1n) is 5.69. The summed E-state index contributed by atoms with van der Waals surface area (Å²) < 4.78 is 10.5. The molecule has 1 fully saturated rings. The van der Waals surface area contributed by atoms with Gasteiger partial charge in [0, 0.05) is 18.6 Å². The largest absolute Gasteiger partial charge is 0.495 e. The molecule has 1 saturated heterocycles. The Labute approximate surface area is 106 Å². The highest BCUT2D eigenvalue weighted by Crippen LogP contribution is 2.26. The lowest BCUT2D eigenvalue weighted by molar-refractivity contribution is 0.0775. The third-order valence-corrected chi connectivity index (χ3v) is 3.22. The molecule has 92 valence electrons. The number of hydrogen-bond donors (Lipinski definition) is 0. The fraction of sp³-hybridized carbons (Fsp3) is 0.462. The molecular weight excluding hydrogens is 240 g/mol. The van der Waals surface area contributed by atoms with Crippen LogP contribution in [-0.4, -0.2) is 25.6 Å². The van der Waals surface area contributed by atoms with Crippen molar-refractivity contribution in [1.82, 2.24) is 0 Å². The normalized spacial score (nSPS) is 19.3. The number of ether oxygens (including phenoxy) is 2. The van der Waals surface area contributed by atoms with Crippen molar-refractivity contribution < 1.29 is 14.3 Å². The molecule has 0 aliphatic carbocycles. The predicted molar refractivity (Wildman–Crippen MR) is 65.9 cm³/mol. The van der Waals surface area contributed by atoms with E-state index in [9.17, 15) is 4.79 Å². The van der Waals surface area contributed by atoms with Crippen molar-refractivity contribution in [2.75, 3.05) is 13.7 Å². The second-order valence-corrected chi connectivity index (χ2v) is 4.52. The summed E-state index contributed by atoms with van der Waals surface area (Å²) in [4.78, 5) is 12.0. The number of methoxy groups -OCH3 is 1. The molecule has 0 amide bonds. The minimum atomic E-state index is 0.0733. The zero-order valence-corrected chi connectivity index (χ0v) is 10.5. The van der Waals surface area contributed by atoms with Gasteiger partial charge in [-0.15, -0.1) is 0 Å². The van der Waals surface area contributed by atoms with Gasteiger partial charge in [-0.05, 0) is 31.0 Å². The van der Waals surface area contributed by atoms with Crippen LogP contribution >= 0.6 is 11.6 Å². The van der Waals surface area contributed by atoms with E-state index in [2.05, 4.69) is 0 Å². The van der Waals surface area contributed by atoms with Gasteiger partial charge >= 0.3 is 0 Å². The van der Waals surface area contributed by atoms with E-state index in [1.165, 1.54) is 7.11 Å². The zero-order chi connectivity index (χ0) is 12.3. The van der Waals surface area contributed by atoms with Crippen molar-refractivity contribution in [3.8, 4) is 5.75 Å². The molecule has 0 spiro atoms. The van der Waals surface area contributed by atoms with Crippen LogP contribution in [0.3, 0.4) is 0 Å². The summed E-state index contributed by atoms with van der Waals surface area (Å²) in [5, 5.41) is 0.515. The fourth-order valence-electron chi connectivity index (χ4n) is 1.96. The molecule has 1 aliphatic rings. The van der Waals surface area contributed by atoms with Crippen LogP contribution in [0.1, 0.15) is 29.6 Å². The highest BCUT2D eigenvalue weighted by atomic mass is 35.5. The summed E-state index contributed by atoms with van der Waals surface area (Å²) >= 11 is 5.91. The van der Waals surface area contributed by atoms with Crippen LogP contribution in [0.4, 0.5) is 0 Å². The minimum absolute atomic E-state index is 0.0733. The molecule has 3 nitrogen and oxygen atoms in total. The maximum atomic E-state index is 12.0. The van der Waals surface area contributed by atoms with Crippen molar-refractivity contribution in [2.45, 2.75) is 25.4 Å². The van der Waals surface area contributed by atoms with Crippen LogP contribution in [0.25, 0.3) is 0 Å². The first-order chi connectivity index (χ1) is 8.20. The van der Waals surface area contributed by atoms with Gasteiger partial charge in [-0.3, -0.25) is 4.79 Å². The van der Waals surface area contributed by atoms with Crippen LogP contribution in [0.5, 0.6) is 5.75 Å². The summed E-state index contributed by atoms with van der Waals surface area (Å²) in [6.07, 6.45) is 2.52. The Bertz CT molecular complexity index is 411. The number of ketones is 1. The van der Waals surface area contributed by atoms with E-state index in [1.807, 2.05) is 0 Å². The lowest BCUT2D eigenvalue weighted by Gasteiger charge is -2.09. The molecule has 0 bridgehead atoms. The fourth-order valence-corrected chi connectivity index (χ4v) is 2.16. The van der Waals surface area contributed by atoms with Crippen molar-refractivity contribution in [2.24, 2.45) is 0 Å². The van der Waals surface area contributed by atoms with Crippen LogP contribution in [0.2, 0.25) is 5.02 Å². The third kappa shape index (κ3) is 2.99. The molecule has 0 aromatic heterocycles. The average Bonchev–Trinajstić information content (AvgIpc) is 2.82. The van der Waals surface area contributed by atoms with Crippen LogP contribution < -0.4 is 4.74 Å². The Kier molecular flexibility index (Phi) is 4.02. The molecule has 0 N–H and O–H groups in total. The second kappa shape index (κ2) is 5.52. The molecule has 17 heavy (non-hydrogen) atoms. The number of Topliss-reactive ketones (excluding diaryl/α,β-unsaturated/α-hetero) is 1. The van der Waals surface area contributed by atoms with E-state index in [1.54, 1.807) is 18.2 Å². The highest BCUT2D eigenvalue weighted by molar-refractivity contribution is 6.32. The third-order valence-electron chi connectivity index (χ3n) is 2.91. The molecule has 0 radical (unpaired) electrons. The summed E-state index contributed by atoms with van der Waals surface area (Å²) in [5.41, 5.74) is 0.627. The van der Waals surface area contributed by atoms with Gasteiger partial charge in [-0.1, -0.05) is 11.6 Å². The van der Waals surface area contributed by atoms with Crippen molar-refractivity contribution in [1.29, 1.82) is 0 Å². The molecule has 4 heteroatoms. The Morgan fingerprint density at radius 2 is 2.41 bits per heavy atom. The highest BCUT2D eigenvalue weighted by Gasteiger charge is 2.20. The van der Waals surface area contributed by atoms with Gasteiger partial charge < -0.3 is 9.47 Å². The molecule has 1 aromatic carbocycles. The molecule has 0 saturated carbocycles. The Morgan fingerprint density at radius 1 is 1.59 bits per heavy atom. The van der Waals surface area contributed by atoms with E-state index in [-0.39, 0.29) is 11.9 Å². The van der Waals surface area contributed by atoms with E-state index in [0.29, 0.717) is 22.8 Å². The van der Waals surface area contributed by atoms with E-state index in [4.69, 9.17) is 21.1 Å². The van der Waals surface area contributed by atoms with E-state index >= 15 is 0 Å². The van der Waals surface area contributed by atoms with Gasteiger partial charge in [0.1, 0.15) is 5.75 Å². The van der Waals surface area contributed by atoms with Gasteiger partial charge in [0.05, 0.1) is 18.2 Å². The van der Waals surface area contributed by atoms with Gasteiger partial charge in [0.15, 0.2) is 5.78 Å². The molecule has 2 rings (SSSR count). The van der Waals surface area contributed by atoms with Crippen molar-refractivity contribution in [3.05, 3.63) is 28.8 Å². The number of carbonyl (C=O) groups excluding carboxylic acids is 1. The van der Waals surface area contributed by atoms with Crippen LogP contribution in [0, 0.1) is 0 Å². The number of carbonyl (C=O) groups is 1. The average molecular weight is 255 g/mol. The molecule has 1 aromatic rings. The standard InChI is InChI=1S/C13H15ClO3/c1-16-13-7-9(4-5-11(13)14)12(15)8-10-3-2-6-17-10/h4-5,7,10H,2-3,6,8H2,1H3. The summed E-state index contributed by atoms with van der Waals surface area (Å²) in [7, 11) is 1.54. The van der Waals surface area contributed by atoms with E-state index < -0.39 is 0 Å². The topological polar surface area (TPSA) is 35.5 Å². The summed E-state index contributed by atoms with van der Waals surface area (Å²) in [6.45, 7) is 0.766. The number of halogens is 1. The molecular formula is C13H15ClO3. The summed E-state index contributed by atoms with van der Waals surface area (Å²) in [5.74, 6) is 0.608. The Hall–Kier alpha value is -1.06. The SMILES string of the molecule is COc1cc(C(=O)CC2CCCO2)ccc1Cl. The lowest BCUT2D eigenvalue weighted by Crippen LogP contribution is -2.12. The lowest BCUT2D eigenvalue weighted by atomic mass is 10.0. The summed E-state index contributed by atoms with van der Waals surface area (Å²) in [6, 6.07) is 5.09. The predicted octanol–water partition coefficient (Wildman–Crippen LogP) is 3.10. The monoisotopic (exact) mass is 254 g/mol. The molecule has 1 atom stereocenters. The van der Waals surface area contributed by atoms with Crippen molar-refractivity contribution in [3.63, 3.8) is 0 Å². The molecule has 1 unspecified atom stereocenters. The van der Waals surface area contributed by atoms with Gasteiger partial charge in [-0.2, -0.15) is 0 Å². The number of rotatable bonds is 4. The molecule has 1 heterocycles. The number of hydrogen-bond acceptors (Lipinski definition) is 3. The van der Waals surface area contributed by atoms with Gasteiger partial charge in [0.25, 0.3) is 0 Å². The van der Waals surface area contributed by atoms with Gasteiger partial charge in [0.2, 0.25) is 0 Å². The Morgan fingerprint density at radius 3 is 3.06 bits per heavy atom. The van der Waals surface area contributed by atoms with Crippen LogP contribution in [0.15, 0.2) is 18.2 Å².